The van der Waals surface area contributed by atoms with Gasteiger partial charge in [0.05, 0.1) is 7.11 Å². The summed E-state index contributed by atoms with van der Waals surface area (Å²) in [5.41, 5.74) is 0.897. The molecule has 0 amide bonds. The summed E-state index contributed by atoms with van der Waals surface area (Å²) in [7, 11) is 3.89. The van der Waals surface area contributed by atoms with E-state index in [1.54, 1.807) is 0 Å². The fourth-order valence-electron chi connectivity index (χ4n) is 0.971. The van der Waals surface area contributed by atoms with E-state index in [-0.39, 0.29) is 5.82 Å². The van der Waals surface area contributed by atoms with Gasteiger partial charge in [-0.2, -0.15) is 0 Å². The average molecular weight is 172 g/mol. The number of ether oxygens (including phenoxy) is 1. The van der Waals surface area contributed by atoms with Gasteiger partial charge in [0.1, 0.15) is 0 Å². The number of hydrogen-bond donors (Lipinski definition) is 0. The molecule has 1 aromatic rings. The number of hydrogen-bond acceptors (Lipinski definition) is 1. The number of rotatable bonds is 1. The Bertz CT molecular complexity index is 250. The summed E-state index contributed by atoms with van der Waals surface area (Å²) in [4.78, 5) is 0. The Balaban J connectivity index is 3.25. The van der Waals surface area contributed by atoms with Crippen molar-refractivity contribution in [1.29, 1.82) is 0 Å². The van der Waals surface area contributed by atoms with E-state index < -0.39 is 0 Å². The van der Waals surface area contributed by atoms with Gasteiger partial charge in [0.15, 0.2) is 11.6 Å². The molecule has 1 rings (SSSR count). The van der Waals surface area contributed by atoms with Gasteiger partial charge in [-0.15, -0.1) is 9.24 Å². The number of halogens is 1. The minimum Gasteiger partial charge on any atom is -0.493 e. The lowest BCUT2D eigenvalue weighted by Gasteiger charge is -2.05. The van der Waals surface area contributed by atoms with Crippen molar-refractivity contribution in [3.63, 3.8) is 0 Å². The van der Waals surface area contributed by atoms with Crippen molar-refractivity contribution in [2.75, 3.05) is 7.11 Å². The fourth-order valence-corrected chi connectivity index (χ4v) is 1.49. The Hall–Kier alpha value is -0.620. The maximum atomic E-state index is 13.0. The van der Waals surface area contributed by atoms with Crippen LogP contribution in [0.1, 0.15) is 5.56 Å². The molecule has 1 atom stereocenters. The van der Waals surface area contributed by atoms with E-state index in [4.69, 9.17) is 4.74 Å². The van der Waals surface area contributed by atoms with Crippen molar-refractivity contribution in [2.45, 2.75) is 6.92 Å². The van der Waals surface area contributed by atoms with Gasteiger partial charge < -0.3 is 4.74 Å². The zero-order valence-electron chi connectivity index (χ0n) is 6.52. The molecule has 0 saturated heterocycles. The molecule has 1 aromatic carbocycles. The van der Waals surface area contributed by atoms with Crippen LogP contribution in [-0.4, -0.2) is 7.11 Å². The molecule has 0 radical (unpaired) electrons. The summed E-state index contributed by atoms with van der Waals surface area (Å²) in [5, 5.41) is 0.755. The lowest BCUT2D eigenvalue weighted by molar-refractivity contribution is 0.390. The van der Waals surface area contributed by atoms with Crippen LogP contribution in [0.25, 0.3) is 0 Å². The second-order valence-electron chi connectivity index (χ2n) is 2.37. The molecule has 60 valence electrons. The maximum absolute atomic E-state index is 13.0. The van der Waals surface area contributed by atoms with Crippen LogP contribution in [0.4, 0.5) is 4.39 Å². The summed E-state index contributed by atoms with van der Waals surface area (Å²) in [5.74, 6) is -0.00176. The Kier molecular flexibility index (Phi) is 2.45. The molecule has 1 nitrogen and oxygen atoms in total. The van der Waals surface area contributed by atoms with Crippen molar-refractivity contribution < 1.29 is 9.13 Å². The van der Waals surface area contributed by atoms with Crippen LogP contribution in [0.3, 0.4) is 0 Å². The molecule has 0 aromatic heterocycles. The van der Waals surface area contributed by atoms with Crippen LogP contribution in [0.2, 0.25) is 0 Å². The topological polar surface area (TPSA) is 9.23 Å². The highest BCUT2D eigenvalue weighted by molar-refractivity contribution is 7.27. The van der Waals surface area contributed by atoms with E-state index >= 15 is 0 Å². The predicted octanol–water partition coefficient (Wildman–Crippen LogP) is 1.64. The Morgan fingerprint density at radius 3 is 2.55 bits per heavy atom. The van der Waals surface area contributed by atoms with Gasteiger partial charge in [0.25, 0.3) is 0 Å². The first-order chi connectivity index (χ1) is 5.15. The largest absolute Gasteiger partial charge is 0.493 e. The Morgan fingerprint density at radius 2 is 2.09 bits per heavy atom. The molecule has 0 heterocycles. The van der Waals surface area contributed by atoms with Crippen LogP contribution in [0.5, 0.6) is 5.75 Å². The van der Waals surface area contributed by atoms with Crippen LogP contribution in [0, 0.1) is 12.7 Å². The molecule has 0 N–H and O–H groups in total. The molecule has 3 heteroatoms. The van der Waals surface area contributed by atoms with Gasteiger partial charge in [-0.05, 0) is 24.6 Å². The van der Waals surface area contributed by atoms with Crippen LogP contribution in [-0.2, 0) is 0 Å². The van der Waals surface area contributed by atoms with Gasteiger partial charge in [-0.3, -0.25) is 0 Å². The molecule has 0 bridgehead atoms. The molecule has 1 unspecified atom stereocenters. The quantitative estimate of drug-likeness (QED) is 0.585. The van der Waals surface area contributed by atoms with Crippen LogP contribution >= 0.6 is 9.24 Å². The molecule has 0 aliphatic rings. The summed E-state index contributed by atoms with van der Waals surface area (Å²) < 4.78 is 17.8. The van der Waals surface area contributed by atoms with Crippen molar-refractivity contribution in [2.24, 2.45) is 0 Å². The maximum Gasteiger partial charge on any atom is 0.165 e. The monoisotopic (exact) mass is 172 g/mol. The standard InChI is InChI=1S/C8H10FOP/c1-5-3-6(9)8(10-2)7(11)4-5/h3-4H,11H2,1-2H3. The van der Waals surface area contributed by atoms with Crippen LogP contribution < -0.4 is 10.0 Å². The van der Waals surface area contributed by atoms with Crippen molar-refractivity contribution in [1.82, 2.24) is 0 Å². The summed E-state index contributed by atoms with van der Waals surface area (Å²) in [6.45, 7) is 1.84. The third-order valence-electron chi connectivity index (χ3n) is 1.42. The van der Waals surface area contributed by atoms with Crippen LogP contribution in [0.15, 0.2) is 12.1 Å². The first-order valence-electron chi connectivity index (χ1n) is 3.24. The lowest BCUT2D eigenvalue weighted by Crippen LogP contribution is -2.02. The zero-order valence-corrected chi connectivity index (χ0v) is 7.67. The van der Waals surface area contributed by atoms with Gasteiger partial charge in [-0.25, -0.2) is 4.39 Å². The highest BCUT2D eigenvalue weighted by atomic mass is 31.0. The Morgan fingerprint density at radius 1 is 1.45 bits per heavy atom. The molecule has 11 heavy (non-hydrogen) atoms. The lowest BCUT2D eigenvalue weighted by atomic mass is 10.2. The van der Waals surface area contributed by atoms with E-state index in [9.17, 15) is 4.39 Å². The first-order valence-corrected chi connectivity index (χ1v) is 3.82. The van der Waals surface area contributed by atoms with E-state index in [1.807, 2.05) is 13.0 Å². The van der Waals surface area contributed by atoms with Gasteiger partial charge in [0.2, 0.25) is 0 Å². The van der Waals surface area contributed by atoms with E-state index in [2.05, 4.69) is 9.24 Å². The highest BCUT2D eigenvalue weighted by Crippen LogP contribution is 2.17. The van der Waals surface area contributed by atoms with Crippen molar-refractivity contribution in [3.05, 3.63) is 23.5 Å². The minimum atomic E-state index is -0.308. The SMILES string of the molecule is COc1c(F)cc(C)cc1P. The molecule has 0 saturated carbocycles. The molecular weight excluding hydrogens is 162 g/mol. The molecule has 0 fully saturated rings. The van der Waals surface area contributed by atoms with Crippen molar-refractivity contribution in [3.8, 4) is 5.75 Å². The molecule has 0 spiro atoms. The fraction of sp³-hybridized carbons (Fsp3) is 0.250. The van der Waals surface area contributed by atoms with Gasteiger partial charge >= 0.3 is 0 Å². The number of methoxy groups -OCH3 is 1. The second kappa shape index (κ2) is 3.19. The highest BCUT2D eigenvalue weighted by Gasteiger charge is 2.05. The van der Waals surface area contributed by atoms with E-state index in [1.165, 1.54) is 13.2 Å². The number of aryl methyl sites for hydroxylation is 1. The third-order valence-corrected chi connectivity index (χ3v) is 1.85. The second-order valence-corrected chi connectivity index (χ2v) is 2.99. The smallest absolute Gasteiger partial charge is 0.165 e. The van der Waals surface area contributed by atoms with E-state index in [0.29, 0.717) is 5.75 Å². The predicted molar refractivity (Wildman–Crippen MR) is 47.0 cm³/mol. The average Bonchev–Trinajstić information content (AvgIpc) is 1.85. The number of benzene rings is 1. The summed E-state index contributed by atoms with van der Waals surface area (Å²) in [6.07, 6.45) is 0. The third kappa shape index (κ3) is 1.69. The molecular formula is C8H10FOP. The first kappa shape index (κ1) is 8.48. The molecule has 0 aliphatic heterocycles. The van der Waals surface area contributed by atoms with E-state index in [0.717, 1.165) is 10.9 Å². The summed E-state index contributed by atoms with van der Waals surface area (Å²) >= 11 is 0. The zero-order chi connectivity index (χ0) is 8.43. The Labute approximate surface area is 67.8 Å². The van der Waals surface area contributed by atoms with Gasteiger partial charge in [-0.1, -0.05) is 0 Å². The van der Waals surface area contributed by atoms with Crippen molar-refractivity contribution >= 4 is 14.5 Å². The normalized spacial score (nSPS) is 9.82. The van der Waals surface area contributed by atoms with Gasteiger partial charge in [0, 0.05) is 5.30 Å². The minimum absolute atomic E-state index is 0.306. The summed E-state index contributed by atoms with van der Waals surface area (Å²) in [6, 6.07) is 3.30. The molecule has 0 aliphatic carbocycles.